The first kappa shape index (κ1) is 20.7. The molecule has 0 radical (unpaired) electrons. The van der Waals surface area contributed by atoms with E-state index in [1.165, 1.54) is 17.4 Å². The van der Waals surface area contributed by atoms with E-state index in [1.807, 2.05) is 45.0 Å². The number of amides is 1. The highest BCUT2D eigenvalue weighted by molar-refractivity contribution is 7.21. The summed E-state index contributed by atoms with van der Waals surface area (Å²) in [6.07, 6.45) is 0. The minimum Gasteiger partial charge on any atom is -0.496 e. The van der Waals surface area contributed by atoms with Crippen LogP contribution in [-0.2, 0) is 0 Å². The number of halogens is 1. The molecule has 0 unspecified atom stereocenters. The van der Waals surface area contributed by atoms with Gasteiger partial charge in [0, 0.05) is 33.6 Å². The molecule has 0 aliphatic carbocycles. The molecule has 2 N–H and O–H groups in total. The van der Waals surface area contributed by atoms with Crippen molar-refractivity contribution in [3.63, 3.8) is 0 Å². The molecule has 3 heterocycles. The number of anilines is 1. The Bertz CT molecular complexity index is 1380. The van der Waals surface area contributed by atoms with E-state index in [0.717, 1.165) is 32.2 Å². The average molecular weight is 450 g/mol. The van der Waals surface area contributed by atoms with Gasteiger partial charge in [-0.05, 0) is 54.8 Å². The summed E-state index contributed by atoms with van der Waals surface area (Å²) >= 11 is 1.47. The van der Waals surface area contributed by atoms with Gasteiger partial charge in [0.1, 0.15) is 16.4 Å². The molecule has 0 fully saturated rings. The summed E-state index contributed by atoms with van der Waals surface area (Å²) in [4.78, 5) is 18.1. The lowest BCUT2D eigenvalue weighted by atomic mass is 9.98. The van der Waals surface area contributed by atoms with E-state index in [9.17, 15) is 4.79 Å². The molecule has 0 bridgehead atoms. The zero-order chi connectivity index (χ0) is 22.6. The molecule has 5 nitrogen and oxygen atoms in total. The van der Waals surface area contributed by atoms with Crippen molar-refractivity contribution in [1.82, 2.24) is 10.3 Å². The van der Waals surface area contributed by atoms with E-state index in [2.05, 4.69) is 10.6 Å². The topological polar surface area (TPSA) is 63.2 Å². The molecule has 0 spiro atoms. The first-order chi connectivity index (χ1) is 15.4. The molecule has 1 atom stereocenters. The van der Waals surface area contributed by atoms with Crippen molar-refractivity contribution in [2.75, 3.05) is 19.0 Å². The number of nitrogens with one attached hydrogen (secondary N) is 2. The number of methoxy groups -OCH3 is 1. The molecule has 1 aliphatic rings. The van der Waals surface area contributed by atoms with Gasteiger partial charge in [-0.25, -0.2) is 9.37 Å². The van der Waals surface area contributed by atoms with Crippen LogP contribution in [0.5, 0.6) is 5.75 Å². The number of rotatable bonds is 3. The standard InChI is InChI=1S/C25H24FN3O2S/c1-12(2)15-9-17(26)16(10-20(15)31-4)19-6-5-14-18(29-19)7-8-21-22(14)23-24(32-21)25(30)28-13(3)11-27-23/h5-10,12-13,27H,11H2,1-4H3,(H,28,30)/t13-/m1/s1. The molecule has 1 amide bonds. The zero-order valence-electron chi connectivity index (χ0n) is 18.4. The first-order valence-electron chi connectivity index (χ1n) is 10.7. The molecule has 0 saturated heterocycles. The fourth-order valence-electron chi connectivity index (χ4n) is 4.27. The van der Waals surface area contributed by atoms with Crippen LogP contribution < -0.4 is 15.4 Å². The third-order valence-electron chi connectivity index (χ3n) is 5.91. The fraction of sp³-hybridized carbons (Fsp3) is 0.280. The fourth-order valence-corrected chi connectivity index (χ4v) is 5.37. The summed E-state index contributed by atoms with van der Waals surface area (Å²) in [7, 11) is 1.60. The van der Waals surface area contributed by atoms with Gasteiger partial charge >= 0.3 is 0 Å². The van der Waals surface area contributed by atoms with Crippen LogP contribution in [-0.4, -0.2) is 30.6 Å². The summed E-state index contributed by atoms with van der Waals surface area (Å²) in [5.41, 5.74) is 3.38. The van der Waals surface area contributed by atoms with Crippen molar-refractivity contribution in [3.8, 4) is 17.0 Å². The highest BCUT2D eigenvalue weighted by atomic mass is 32.1. The second-order valence-corrected chi connectivity index (χ2v) is 9.54. The smallest absolute Gasteiger partial charge is 0.263 e. The summed E-state index contributed by atoms with van der Waals surface area (Å²) in [5, 5.41) is 8.36. The Morgan fingerprint density at radius 3 is 2.78 bits per heavy atom. The van der Waals surface area contributed by atoms with Crippen LogP contribution in [0, 0.1) is 5.82 Å². The van der Waals surface area contributed by atoms with Crippen LogP contribution in [0.2, 0.25) is 0 Å². The van der Waals surface area contributed by atoms with E-state index < -0.39 is 0 Å². The van der Waals surface area contributed by atoms with E-state index in [1.54, 1.807) is 13.2 Å². The SMILES string of the molecule is COc1cc(-c2ccc3c(ccc4sc5c(c43)NC[C@@H](C)NC5=O)n2)c(F)cc1C(C)C. The zero-order valence-corrected chi connectivity index (χ0v) is 19.2. The van der Waals surface area contributed by atoms with Crippen molar-refractivity contribution in [2.45, 2.75) is 32.7 Å². The summed E-state index contributed by atoms with van der Waals surface area (Å²) < 4.78 is 21.5. The number of nitrogens with zero attached hydrogens (tertiary/aromatic N) is 1. The van der Waals surface area contributed by atoms with Crippen LogP contribution >= 0.6 is 11.3 Å². The normalized spacial score (nSPS) is 16.1. The minimum absolute atomic E-state index is 0.0450. The number of carbonyl (C=O) groups excluding carboxylic acids is 1. The molecule has 32 heavy (non-hydrogen) atoms. The van der Waals surface area contributed by atoms with Crippen molar-refractivity contribution in [2.24, 2.45) is 0 Å². The van der Waals surface area contributed by atoms with Crippen LogP contribution in [0.4, 0.5) is 10.1 Å². The molecule has 2 aromatic heterocycles. The number of aromatic nitrogens is 1. The third-order valence-corrected chi connectivity index (χ3v) is 7.06. The van der Waals surface area contributed by atoms with Crippen molar-refractivity contribution in [1.29, 1.82) is 0 Å². The molecule has 4 aromatic rings. The number of hydrogen-bond donors (Lipinski definition) is 2. The Morgan fingerprint density at radius 1 is 1.22 bits per heavy atom. The van der Waals surface area contributed by atoms with Gasteiger partial charge in [-0.3, -0.25) is 4.79 Å². The maximum Gasteiger partial charge on any atom is 0.263 e. The van der Waals surface area contributed by atoms with Crippen LogP contribution in [0.15, 0.2) is 36.4 Å². The number of ether oxygens (including phenoxy) is 1. The van der Waals surface area contributed by atoms with Gasteiger partial charge in [-0.1, -0.05) is 13.8 Å². The third kappa shape index (κ3) is 3.28. The van der Waals surface area contributed by atoms with E-state index in [0.29, 0.717) is 28.4 Å². The van der Waals surface area contributed by atoms with Crippen molar-refractivity contribution in [3.05, 3.63) is 52.7 Å². The number of carbonyl (C=O) groups is 1. The van der Waals surface area contributed by atoms with Gasteiger partial charge in [-0.15, -0.1) is 11.3 Å². The highest BCUT2D eigenvalue weighted by Crippen LogP contribution is 2.41. The van der Waals surface area contributed by atoms with Gasteiger partial charge in [0.2, 0.25) is 0 Å². The molecular formula is C25H24FN3O2S. The lowest BCUT2D eigenvalue weighted by molar-refractivity contribution is 0.0949. The van der Waals surface area contributed by atoms with Gasteiger partial charge in [0.05, 0.1) is 24.0 Å². The summed E-state index contributed by atoms with van der Waals surface area (Å²) in [5.74, 6) is 0.420. The summed E-state index contributed by atoms with van der Waals surface area (Å²) in [6.45, 7) is 6.65. The van der Waals surface area contributed by atoms with E-state index >= 15 is 4.39 Å². The second-order valence-electron chi connectivity index (χ2n) is 8.49. The lowest BCUT2D eigenvalue weighted by Gasteiger charge is -2.15. The molecular weight excluding hydrogens is 425 g/mol. The average Bonchev–Trinajstić information content (AvgIpc) is 3.09. The molecule has 0 saturated carbocycles. The monoisotopic (exact) mass is 449 g/mol. The maximum atomic E-state index is 15.0. The summed E-state index contributed by atoms with van der Waals surface area (Å²) in [6, 6.07) is 11.0. The van der Waals surface area contributed by atoms with Gasteiger partial charge < -0.3 is 15.4 Å². The Labute approximate surface area is 189 Å². The largest absolute Gasteiger partial charge is 0.496 e. The maximum absolute atomic E-state index is 15.0. The number of fused-ring (bicyclic) bond motifs is 5. The number of thiophene rings is 1. The van der Waals surface area contributed by atoms with Gasteiger partial charge in [0.15, 0.2) is 0 Å². The second kappa shape index (κ2) is 7.74. The van der Waals surface area contributed by atoms with Crippen LogP contribution in [0.25, 0.3) is 32.2 Å². The highest BCUT2D eigenvalue weighted by Gasteiger charge is 2.25. The van der Waals surface area contributed by atoms with Crippen LogP contribution in [0.3, 0.4) is 0 Å². The van der Waals surface area contributed by atoms with Gasteiger partial charge in [-0.2, -0.15) is 0 Å². The van der Waals surface area contributed by atoms with E-state index in [4.69, 9.17) is 9.72 Å². The van der Waals surface area contributed by atoms with Crippen molar-refractivity contribution >= 4 is 43.9 Å². The van der Waals surface area contributed by atoms with E-state index in [-0.39, 0.29) is 23.7 Å². The van der Waals surface area contributed by atoms with Crippen molar-refractivity contribution < 1.29 is 13.9 Å². The predicted octanol–water partition coefficient (Wildman–Crippen LogP) is 5.93. The first-order valence-corrected chi connectivity index (χ1v) is 11.5. The van der Waals surface area contributed by atoms with Gasteiger partial charge in [0.25, 0.3) is 5.91 Å². The lowest BCUT2D eigenvalue weighted by Crippen LogP contribution is -2.34. The molecule has 1 aliphatic heterocycles. The molecule has 164 valence electrons. The number of benzene rings is 2. The number of hydrogen-bond acceptors (Lipinski definition) is 5. The number of pyridine rings is 1. The Morgan fingerprint density at radius 2 is 2.03 bits per heavy atom. The quantitative estimate of drug-likeness (QED) is 0.407. The molecule has 5 rings (SSSR count). The minimum atomic E-state index is -0.320. The molecule has 7 heteroatoms. The Balaban J connectivity index is 1.68. The Kier molecular flexibility index (Phi) is 5.01. The molecule has 2 aromatic carbocycles. The Hall–Kier alpha value is -3.19. The predicted molar refractivity (Wildman–Crippen MR) is 129 cm³/mol. The van der Waals surface area contributed by atoms with Crippen LogP contribution in [0.1, 0.15) is 41.9 Å².